The lowest BCUT2D eigenvalue weighted by Gasteiger charge is -2.12. The molecular formula is C21H25FN6O2. The number of nitrogen functional groups attached to an aromatic ring is 1. The number of aromatic nitrogens is 4. The monoisotopic (exact) mass is 412 g/mol. The molecule has 1 amide bonds. The SMILES string of the molecule is Cc1cc2c(cc1Cc1nc3c(N)nc(F)nc3n1CCC(=O)NC(C)C)OCC2. The number of anilines is 1. The summed E-state index contributed by atoms with van der Waals surface area (Å²) in [5.74, 6) is 1.43. The lowest BCUT2D eigenvalue weighted by Crippen LogP contribution is -2.30. The Balaban J connectivity index is 1.71. The number of rotatable bonds is 6. The smallest absolute Gasteiger partial charge is 0.312 e. The average molecular weight is 412 g/mol. The molecule has 3 N–H and O–H groups in total. The van der Waals surface area contributed by atoms with Crippen molar-refractivity contribution in [2.24, 2.45) is 0 Å². The van der Waals surface area contributed by atoms with Crippen LogP contribution in [0.2, 0.25) is 0 Å². The van der Waals surface area contributed by atoms with Gasteiger partial charge in [-0.15, -0.1) is 0 Å². The highest BCUT2D eigenvalue weighted by Gasteiger charge is 2.20. The fourth-order valence-electron chi connectivity index (χ4n) is 3.77. The first-order valence-electron chi connectivity index (χ1n) is 10.0. The van der Waals surface area contributed by atoms with E-state index in [0.29, 0.717) is 36.6 Å². The Morgan fingerprint density at radius 2 is 2.13 bits per heavy atom. The molecular weight excluding hydrogens is 387 g/mol. The summed E-state index contributed by atoms with van der Waals surface area (Å²) in [5, 5.41) is 2.86. The molecule has 8 nitrogen and oxygen atoms in total. The standard InChI is InChI=1S/C21H25FN6O2/c1-11(2)24-17(29)4-6-28-16(25-18-19(23)26-21(22)27-20(18)28)10-14-9-15-13(5-7-30-15)8-12(14)3/h8-9,11H,4-7,10H2,1-3H3,(H,24,29)(H2,23,26,27). The fourth-order valence-corrected chi connectivity index (χ4v) is 3.77. The summed E-state index contributed by atoms with van der Waals surface area (Å²) >= 11 is 0. The minimum absolute atomic E-state index is 0.0156. The maximum Gasteiger partial charge on any atom is 0.312 e. The number of ether oxygens (including phenoxy) is 1. The van der Waals surface area contributed by atoms with Crippen molar-refractivity contribution in [1.29, 1.82) is 0 Å². The molecule has 3 heterocycles. The van der Waals surface area contributed by atoms with Crippen LogP contribution >= 0.6 is 0 Å². The van der Waals surface area contributed by atoms with Gasteiger partial charge in [-0.3, -0.25) is 4.79 Å². The van der Waals surface area contributed by atoms with Gasteiger partial charge in [0.05, 0.1) is 6.61 Å². The van der Waals surface area contributed by atoms with E-state index < -0.39 is 6.08 Å². The molecule has 0 unspecified atom stereocenters. The van der Waals surface area contributed by atoms with E-state index in [-0.39, 0.29) is 24.2 Å². The molecule has 0 saturated carbocycles. The lowest BCUT2D eigenvalue weighted by molar-refractivity contribution is -0.121. The minimum atomic E-state index is -0.915. The quantitative estimate of drug-likeness (QED) is 0.602. The largest absolute Gasteiger partial charge is 0.493 e. The van der Waals surface area contributed by atoms with Crippen LogP contribution in [-0.2, 0) is 24.2 Å². The summed E-state index contributed by atoms with van der Waals surface area (Å²) in [6.45, 7) is 6.84. The number of halogens is 1. The van der Waals surface area contributed by atoms with Crippen molar-refractivity contribution in [3.63, 3.8) is 0 Å². The van der Waals surface area contributed by atoms with E-state index in [4.69, 9.17) is 10.5 Å². The van der Waals surface area contributed by atoms with Gasteiger partial charge in [-0.05, 0) is 43.5 Å². The van der Waals surface area contributed by atoms with Gasteiger partial charge in [0.2, 0.25) is 5.91 Å². The Morgan fingerprint density at radius 3 is 2.90 bits per heavy atom. The number of nitrogens with zero attached hydrogens (tertiary/aromatic N) is 4. The number of hydrogen-bond acceptors (Lipinski definition) is 6. The number of carbonyl (C=O) groups is 1. The molecule has 9 heteroatoms. The number of hydrogen-bond donors (Lipinski definition) is 2. The number of carbonyl (C=O) groups excluding carboxylic acids is 1. The Hall–Kier alpha value is -3.23. The van der Waals surface area contributed by atoms with Crippen molar-refractivity contribution in [3.8, 4) is 5.75 Å². The number of nitrogens with one attached hydrogen (secondary N) is 1. The second-order valence-electron chi connectivity index (χ2n) is 7.86. The van der Waals surface area contributed by atoms with Gasteiger partial charge < -0.3 is 20.4 Å². The molecule has 30 heavy (non-hydrogen) atoms. The first-order chi connectivity index (χ1) is 14.3. The van der Waals surface area contributed by atoms with Gasteiger partial charge >= 0.3 is 6.08 Å². The van der Waals surface area contributed by atoms with E-state index in [1.54, 1.807) is 4.57 Å². The van der Waals surface area contributed by atoms with Gasteiger partial charge in [0.15, 0.2) is 17.0 Å². The van der Waals surface area contributed by atoms with Gasteiger partial charge in [-0.2, -0.15) is 14.4 Å². The molecule has 0 bridgehead atoms. The summed E-state index contributed by atoms with van der Waals surface area (Å²) in [7, 11) is 0. The molecule has 0 saturated heterocycles. The van der Waals surface area contributed by atoms with Crippen LogP contribution in [0, 0.1) is 13.0 Å². The Labute approximate surface area is 173 Å². The molecule has 4 rings (SSSR count). The zero-order valence-electron chi connectivity index (χ0n) is 17.3. The Bertz CT molecular complexity index is 1120. The first-order valence-corrected chi connectivity index (χ1v) is 10.0. The number of amides is 1. The van der Waals surface area contributed by atoms with Crippen LogP contribution in [0.25, 0.3) is 11.2 Å². The molecule has 1 aromatic carbocycles. The van der Waals surface area contributed by atoms with Crippen molar-refractivity contribution in [3.05, 3.63) is 40.7 Å². The zero-order valence-corrected chi connectivity index (χ0v) is 17.3. The third kappa shape index (κ3) is 3.92. The molecule has 2 aromatic heterocycles. The van der Waals surface area contributed by atoms with E-state index >= 15 is 0 Å². The molecule has 0 fully saturated rings. The predicted molar refractivity (Wildman–Crippen MR) is 111 cm³/mol. The third-order valence-electron chi connectivity index (χ3n) is 5.18. The molecule has 158 valence electrons. The van der Waals surface area contributed by atoms with Gasteiger partial charge in [0.1, 0.15) is 11.6 Å². The number of aryl methyl sites for hydroxylation is 2. The lowest BCUT2D eigenvalue weighted by atomic mass is 10.0. The maximum atomic E-state index is 13.9. The summed E-state index contributed by atoms with van der Waals surface area (Å²) < 4.78 is 21.3. The topological polar surface area (TPSA) is 108 Å². The van der Waals surface area contributed by atoms with Gasteiger partial charge in [-0.25, -0.2) is 4.98 Å². The molecule has 0 radical (unpaired) electrons. The van der Waals surface area contributed by atoms with Crippen molar-refractivity contribution in [1.82, 2.24) is 24.8 Å². The summed E-state index contributed by atoms with van der Waals surface area (Å²) in [5.41, 5.74) is 9.90. The summed E-state index contributed by atoms with van der Waals surface area (Å²) in [6.07, 6.45) is 0.687. The van der Waals surface area contributed by atoms with Gasteiger partial charge in [-0.1, -0.05) is 6.07 Å². The van der Waals surface area contributed by atoms with Crippen LogP contribution in [-0.4, -0.2) is 38.1 Å². The molecule has 1 aliphatic rings. The van der Waals surface area contributed by atoms with Crippen LogP contribution in [0.15, 0.2) is 12.1 Å². The summed E-state index contributed by atoms with van der Waals surface area (Å²) in [4.78, 5) is 24.3. The first kappa shape index (κ1) is 20.1. The second kappa shape index (κ2) is 7.89. The molecule has 0 atom stereocenters. The van der Waals surface area contributed by atoms with Crippen LogP contribution < -0.4 is 15.8 Å². The minimum Gasteiger partial charge on any atom is -0.493 e. The highest BCUT2D eigenvalue weighted by atomic mass is 19.1. The molecule has 1 aliphatic heterocycles. The second-order valence-corrected chi connectivity index (χ2v) is 7.86. The Morgan fingerprint density at radius 1 is 1.33 bits per heavy atom. The van der Waals surface area contributed by atoms with E-state index in [1.807, 2.05) is 26.8 Å². The average Bonchev–Trinajstić information content (AvgIpc) is 3.24. The number of imidazole rings is 1. The molecule has 3 aromatic rings. The summed E-state index contributed by atoms with van der Waals surface area (Å²) in [6, 6.07) is 4.21. The van der Waals surface area contributed by atoms with E-state index in [0.717, 1.165) is 23.3 Å². The van der Waals surface area contributed by atoms with E-state index in [9.17, 15) is 9.18 Å². The third-order valence-corrected chi connectivity index (χ3v) is 5.18. The number of fused-ring (bicyclic) bond motifs is 2. The van der Waals surface area contributed by atoms with Crippen molar-refractivity contribution < 1.29 is 13.9 Å². The van der Waals surface area contributed by atoms with Crippen LogP contribution in [0.5, 0.6) is 5.75 Å². The van der Waals surface area contributed by atoms with Crippen LogP contribution in [0.1, 0.15) is 42.8 Å². The highest BCUT2D eigenvalue weighted by molar-refractivity contribution is 5.82. The number of benzene rings is 1. The molecule has 0 spiro atoms. The maximum absolute atomic E-state index is 13.9. The normalized spacial score (nSPS) is 13.0. The van der Waals surface area contributed by atoms with Gasteiger partial charge in [0.25, 0.3) is 0 Å². The predicted octanol–water partition coefficient (Wildman–Crippen LogP) is 2.30. The van der Waals surface area contributed by atoms with Crippen LogP contribution in [0.3, 0.4) is 0 Å². The van der Waals surface area contributed by atoms with Crippen molar-refractivity contribution in [2.75, 3.05) is 12.3 Å². The fraction of sp³-hybridized carbons (Fsp3) is 0.429. The van der Waals surface area contributed by atoms with Crippen molar-refractivity contribution in [2.45, 2.75) is 52.6 Å². The van der Waals surface area contributed by atoms with Crippen LogP contribution in [0.4, 0.5) is 10.2 Å². The Kier molecular flexibility index (Phi) is 5.27. The molecule has 0 aliphatic carbocycles. The van der Waals surface area contributed by atoms with Crippen molar-refractivity contribution >= 4 is 22.9 Å². The highest BCUT2D eigenvalue weighted by Crippen LogP contribution is 2.30. The zero-order chi connectivity index (χ0) is 21.4. The van der Waals surface area contributed by atoms with E-state index in [2.05, 4.69) is 26.3 Å². The van der Waals surface area contributed by atoms with Gasteiger partial charge in [0, 0.05) is 31.8 Å². The van der Waals surface area contributed by atoms with E-state index in [1.165, 1.54) is 5.56 Å². The number of nitrogens with two attached hydrogens (primary N) is 1.